The lowest BCUT2D eigenvalue weighted by molar-refractivity contribution is -0.140. The SMILES string of the molecule is O=C(O)CC1(NC(=O)[C@@H]2CCCNC2)CCC1. The third kappa shape index (κ3) is 2.97. The zero-order valence-electron chi connectivity index (χ0n) is 10.00. The van der Waals surface area contributed by atoms with E-state index in [1.54, 1.807) is 0 Å². The van der Waals surface area contributed by atoms with Crippen LogP contribution in [0.15, 0.2) is 0 Å². The van der Waals surface area contributed by atoms with E-state index >= 15 is 0 Å². The monoisotopic (exact) mass is 240 g/mol. The number of piperidine rings is 1. The highest BCUT2D eigenvalue weighted by Gasteiger charge is 2.41. The van der Waals surface area contributed by atoms with Crippen LogP contribution in [0.25, 0.3) is 0 Å². The van der Waals surface area contributed by atoms with E-state index in [0.717, 1.165) is 45.2 Å². The molecule has 17 heavy (non-hydrogen) atoms. The molecule has 1 amide bonds. The van der Waals surface area contributed by atoms with E-state index in [1.165, 1.54) is 0 Å². The maximum atomic E-state index is 12.0. The van der Waals surface area contributed by atoms with Gasteiger partial charge in [0.1, 0.15) is 0 Å². The number of aliphatic carboxylic acids is 1. The van der Waals surface area contributed by atoms with E-state index in [0.29, 0.717) is 0 Å². The lowest BCUT2D eigenvalue weighted by atomic mass is 9.74. The van der Waals surface area contributed by atoms with Gasteiger partial charge in [-0.1, -0.05) is 0 Å². The standard InChI is InChI=1S/C12H20N2O3/c15-10(16)7-12(4-2-5-12)14-11(17)9-3-1-6-13-8-9/h9,13H,1-8H2,(H,14,17)(H,15,16)/t9-/m1/s1. The summed E-state index contributed by atoms with van der Waals surface area (Å²) in [4.78, 5) is 22.8. The van der Waals surface area contributed by atoms with E-state index < -0.39 is 11.5 Å². The summed E-state index contributed by atoms with van der Waals surface area (Å²) in [5.41, 5.74) is -0.458. The van der Waals surface area contributed by atoms with E-state index in [4.69, 9.17) is 5.11 Å². The fourth-order valence-corrected chi connectivity index (χ4v) is 2.68. The second-order valence-electron chi connectivity index (χ2n) is 5.24. The Hall–Kier alpha value is -1.10. The number of hydrogen-bond donors (Lipinski definition) is 3. The van der Waals surface area contributed by atoms with Gasteiger partial charge in [0.2, 0.25) is 5.91 Å². The molecule has 1 aliphatic carbocycles. The molecule has 0 aromatic carbocycles. The van der Waals surface area contributed by atoms with Gasteiger partial charge < -0.3 is 15.7 Å². The van der Waals surface area contributed by atoms with Gasteiger partial charge in [0.25, 0.3) is 0 Å². The molecule has 2 fully saturated rings. The smallest absolute Gasteiger partial charge is 0.305 e. The van der Waals surface area contributed by atoms with E-state index in [9.17, 15) is 9.59 Å². The first-order valence-corrected chi connectivity index (χ1v) is 6.36. The molecule has 1 saturated carbocycles. The zero-order valence-corrected chi connectivity index (χ0v) is 10.00. The van der Waals surface area contributed by atoms with Crippen LogP contribution in [0.4, 0.5) is 0 Å². The van der Waals surface area contributed by atoms with Gasteiger partial charge in [0.05, 0.1) is 17.9 Å². The van der Waals surface area contributed by atoms with Gasteiger partial charge in [-0.2, -0.15) is 0 Å². The molecule has 5 nitrogen and oxygen atoms in total. The van der Waals surface area contributed by atoms with Crippen LogP contribution < -0.4 is 10.6 Å². The Morgan fingerprint density at radius 3 is 2.59 bits per heavy atom. The first kappa shape index (κ1) is 12.4. The molecule has 0 aromatic heterocycles. The summed E-state index contributed by atoms with van der Waals surface area (Å²) in [5.74, 6) is -0.792. The predicted octanol–water partition coefficient (Wildman–Crippen LogP) is 0.500. The summed E-state index contributed by atoms with van der Waals surface area (Å²) in [6, 6.07) is 0. The maximum absolute atomic E-state index is 12.0. The Morgan fingerprint density at radius 2 is 2.12 bits per heavy atom. The van der Waals surface area contributed by atoms with Crippen molar-refractivity contribution in [1.29, 1.82) is 0 Å². The number of hydrogen-bond acceptors (Lipinski definition) is 3. The minimum Gasteiger partial charge on any atom is -0.481 e. The number of carboxylic acid groups (broad SMARTS) is 1. The molecular formula is C12H20N2O3. The largest absolute Gasteiger partial charge is 0.481 e. The Bertz CT molecular complexity index is 307. The highest BCUT2D eigenvalue weighted by Crippen LogP contribution is 2.35. The highest BCUT2D eigenvalue weighted by atomic mass is 16.4. The van der Waals surface area contributed by atoms with Crippen LogP contribution in [0.3, 0.4) is 0 Å². The van der Waals surface area contributed by atoms with Crippen molar-refractivity contribution >= 4 is 11.9 Å². The van der Waals surface area contributed by atoms with Gasteiger partial charge in [0, 0.05) is 6.54 Å². The number of carbonyl (C=O) groups excluding carboxylic acids is 1. The Morgan fingerprint density at radius 1 is 1.35 bits per heavy atom. The molecule has 1 aliphatic heterocycles. The summed E-state index contributed by atoms with van der Waals surface area (Å²) in [7, 11) is 0. The third-order valence-corrected chi connectivity index (χ3v) is 3.86. The first-order chi connectivity index (χ1) is 8.11. The molecule has 0 unspecified atom stereocenters. The molecule has 1 saturated heterocycles. The van der Waals surface area contributed by atoms with Crippen molar-refractivity contribution in [3.63, 3.8) is 0 Å². The lowest BCUT2D eigenvalue weighted by Crippen LogP contribution is -2.57. The molecule has 96 valence electrons. The third-order valence-electron chi connectivity index (χ3n) is 3.86. The summed E-state index contributed by atoms with van der Waals surface area (Å²) in [5, 5.41) is 15.0. The quantitative estimate of drug-likeness (QED) is 0.668. The molecule has 1 heterocycles. The predicted molar refractivity (Wildman–Crippen MR) is 62.6 cm³/mol. The van der Waals surface area contributed by atoms with Gasteiger partial charge in [-0.3, -0.25) is 9.59 Å². The number of amides is 1. The van der Waals surface area contributed by atoms with E-state index in [2.05, 4.69) is 10.6 Å². The minimum atomic E-state index is -0.827. The summed E-state index contributed by atoms with van der Waals surface area (Å²) >= 11 is 0. The van der Waals surface area contributed by atoms with Crippen molar-refractivity contribution < 1.29 is 14.7 Å². The molecule has 2 aliphatic rings. The normalized spacial score (nSPS) is 26.9. The zero-order chi connectivity index (χ0) is 12.3. The van der Waals surface area contributed by atoms with Gasteiger partial charge >= 0.3 is 5.97 Å². The molecule has 0 spiro atoms. The maximum Gasteiger partial charge on any atom is 0.305 e. The van der Waals surface area contributed by atoms with Crippen LogP contribution in [0.2, 0.25) is 0 Å². The highest BCUT2D eigenvalue weighted by molar-refractivity contribution is 5.81. The van der Waals surface area contributed by atoms with Crippen molar-refractivity contribution in [2.75, 3.05) is 13.1 Å². The van der Waals surface area contributed by atoms with Gasteiger partial charge in [-0.25, -0.2) is 0 Å². The Kier molecular flexibility index (Phi) is 3.66. The fourth-order valence-electron chi connectivity index (χ4n) is 2.68. The molecule has 0 aromatic rings. The minimum absolute atomic E-state index is 0.00928. The summed E-state index contributed by atoms with van der Waals surface area (Å²) in [6.45, 7) is 1.69. The average molecular weight is 240 g/mol. The van der Waals surface area contributed by atoms with Crippen LogP contribution in [-0.4, -0.2) is 35.6 Å². The first-order valence-electron chi connectivity index (χ1n) is 6.36. The topological polar surface area (TPSA) is 78.4 Å². The number of carbonyl (C=O) groups is 2. The molecule has 3 N–H and O–H groups in total. The Balaban J connectivity index is 1.89. The molecule has 0 bridgehead atoms. The van der Waals surface area contributed by atoms with Crippen LogP contribution in [0.1, 0.15) is 38.5 Å². The van der Waals surface area contributed by atoms with E-state index in [-0.39, 0.29) is 18.2 Å². The van der Waals surface area contributed by atoms with Crippen molar-refractivity contribution in [1.82, 2.24) is 10.6 Å². The lowest BCUT2D eigenvalue weighted by Gasteiger charge is -2.42. The second kappa shape index (κ2) is 5.04. The molecule has 5 heteroatoms. The van der Waals surface area contributed by atoms with Crippen LogP contribution in [-0.2, 0) is 9.59 Å². The van der Waals surface area contributed by atoms with Crippen molar-refractivity contribution in [3.8, 4) is 0 Å². The number of nitrogens with one attached hydrogen (secondary N) is 2. The van der Waals surface area contributed by atoms with Crippen molar-refractivity contribution in [2.24, 2.45) is 5.92 Å². The number of rotatable bonds is 4. The van der Waals surface area contributed by atoms with Gasteiger partial charge in [-0.05, 0) is 38.6 Å². The molecule has 0 radical (unpaired) electrons. The fraction of sp³-hybridized carbons (Fsp3) is 0.833. The average Bonchev–Trinajstić information content (AvgIpc) is 2.26. The second-order valence-corrected chi connectivity index (χ2v) is 5.24. The van der Waals surface area contributed by atoms with Gasteiger partial charge in [0.15, 0.2) is 0 Å². The molecular weight excluding hydrogens is 220 g/mol. The van der Waals surface area contributed by atoms with Crippen molar-refractivity contribution in [3.05, 3.63) is 0 Å². The summed E-state index contributed by atoms with van der Waals surface area (Å²) in [6.07, 6.45) is 4.58. The van der Waals surface area contributed by atoms with Crippen LogP contribution in [0.5, 0.6) is 0 Å². The van der Waals surface area contributed by atoms with E-state index in [1.807, 2.05) is 0 Å². The van der Waals surface area contributed by atoms with Gasteiger partial charge in [-0.15, -0.1) is 0 Å². The number of carboxylic acids is 1. The molecule has 2 rings (SSSR count). The van der Waals surface area contributed by atoms with Crippen LogP contribution in [0, 0.1) is 5.92 Å². The summed E-state index contributed by atoms with van der Waals surface area (Å²) < 4.78 is 0. The Labute approximate surface area is 101 Å². The van der Waals surface area contributed by atoms with Crippen LogP contribution >= 0.6 is 0 Å². The molecule has 1 atom stereocenters. The van der Waals surface area contributed by atoms with Crippen molar-refractivity contribution in [2.45, 2.75) is 44.1 Å².